The van der Waals surface area contributed by atoms with Crippen molar-refractivity contribution >= 4 is 39.2 Å². The van der Waals surface area contributed by atoms with Crippen LogP contribution in [0.25, 0.3) is 0 Å². The fourth-order valence-electron chi connectivity index (χ4n) is 2.27. The first-order valence-corrected chi connectivity index (χ1v) is 10.6. The number of sulfonamides is 1. The lowest BCUT2D eigenvalue weighted by molar-refractivity contribution is 0.0593. The molecular weight excluding hydrogens is 422 g/mol. The molecule has 0 radical (unpaired) electrons. The molecule has 2 heterocycles. The monoisotopic (exact) mass is 443 g/mol. The summed E-state index contributed by atoms with van der Waals surface area (Å²) in [6.07, 6.45) is 0.568. The van der Waals surface area contributed by atoms with Crippen LogP contribution in [-0.4, -0.2) is 53.3 Å². The lowest BCUT2D eigenvalue weighted by Crippen LogP contribution is -2.34. The number of carbonyl (C=O) groups excluding carboxylic acids is 2. The van der Waals surface area contributed by atoms with Crippen LogP contribution in [0.3, 0.4) is 0 Å². The molecule has 0 atom stereocenters. The van der Waals surface area contributed by atoms with Gasteiger partial charge in [-0.15, -0.1) is 11.3 Å². The van der Waals surface area contributed by atoms with Gasteiger partial charge < -0.3 is 14.2 Å². The number of urea groups is 1. The summed E-state index contributed by atoms with van der Waals surface area (Å²) in [6.45, 7) is 2.24. The van der Waals surface area contributed by atoms with Crippen molar-refractivity contribution in [2.45, 2.75) is 17.6 Å². The number of hydrogen-bond acceptors (Lipinski definition) is 9. The van der Waals surface area contributed by atoms with Gasteiger partial charge in [-0.1, -0.05) is 0 Å². The number of pyridine rings is 1. The molecule has 0 saturated heterocycles. The molecule has 29 heavy (non-hydrogen) atoms. The Morgan fingerprint density at radius 3 is 2.52 bits per heavy atom. The quantitative estimate of drug-likeness (QED) is 0.592. The number of anilines is 1. The first-order valence-electron chi connectivity index (χ1n) is 8.26. The molecule has 12 heteroatoms. The van der Waals surface area contributed by atoms with Crippen molar-refractivity contribution in [3.8, 4) is 5.75 Å². The van der Waals surface area contributed by atoms with Gasteiger partial charge in [0.25, 0.3) is 10.0 Å². The van der Waals surface area contributed by atoms with E-state index >= 15 is 0 Å². The SMILES string of the molecule is COCCc1sc(S(=O)(=O)NC(=O)Nc2cc(OC)cc(C(=O)OC)n2)cc1C. The summed E-state index contributed by atoms with van der Waals surface area (Å²) >= 11 is 1.06. The maximum Gasteiger partial charge on any atom is 0.356 e. The van der Waals surface area contributed by atoms with Gasteiger partial charge in [-0.3, -0.25) is 5.32 Å². The minimum absolute atomic E-state index is 0.00473. The summed E-state index contributed by atoms with van der Waals surface area (Å²) in [7, 11) is 0.0185. The molecular formula is C17H21N3O7S2. The van der Waals surface area contributed by atoms with E-state index < -0.39 is 22.0 Å². The Bertz CT molecular complexity index is 1000. The highest BCUT2D eigenvalue weighted by Crippen LogP contribution is 2.26. The molecule has 0 aliphatic rings. The highest BCUT2D eigenvalue weighted by atomic mass is 32.2. The molecule has 2 rings (SSSR count). The van der Waals surface area contributed by atoms with Crippen LogP contribution in [0.2, 0.25) is 0 Å². The Morgan fingerprint density at radius 2 is 1.90 bits per heavy atom. The van der Waals surface area contributed by atoms with Gasteiger partial charge in [0, 0.05) is 30.5 Å². The van der Waals surface area contributed by atoms with E-state index in [1.54, 1.807) is 14.0 Å². The van der Waals surface area contributed by atoms with E-state index in [4.69, 9.17) is 9.47 Å². The zero-order valence-electron chi connectivity index (χ0n) is 16.3. The second kappa shape index (κ2) is 9.67. The lowest BCUT2D eigenvalue weighted by atomic mass is 10.2. The number of methoxy groups -OCH3 is 3. The number of rotatable bonds is 8. The summed E-state index contributed by atoms with van der Waals surface area (Å²) in [5, 5.41) is 2.27. The number of amides is 2. The minimum atomic E-state index is -4.09. The Hall–Kier alpha value is -2.70. The largest absolute Gasteiger partial charge is 0.497 e. The Kier molecular flexibility index (Phi) is 7.53. The number of nitrogens with one attached hydrogen (secondary N) is 2. The van der Waals surface area contributed by atoms with Crippen LogP contribution < -0.4 is 14.8 Å². The second-order valence-electron chi connectivity index (χ2n) is 5.74. The van der Waals surface area contributed by atoms with Gasteiger partial charge in [-0.05, 0) is 18.6 Å². The molecule has 2 amide bonds. The van der Waals surface area contributed by atoms with Gasteiger partial charge in [-0.2, -0.15) is 0 Å². The average molecular weight is 444 g/mol. The van der Waals surface area contributed by atoms with Crippen LogP contribution in [-0.2, 0) is 25.9 Å². The van der Waals surface area contributed by atoms with E-state index in [9.17, 15) is 18.0 Å². The van der Waals surface area contributed by atoms with Crippen LogP contribution >= 0.6 is 11.3 Å². The zero-order chi connectivity index (χ0) is 21.6. The van der Waals surface area contributed by atoms with Crippen molar-refractivity contribution in [3.63, 3.8) is 0 Å². The molecule has 158 valence electrons. The van der Waals surface area contributed by atoms with Crippen molar-refractivity contribution in [2.75, 3.05) is 33.3 Å². The van der Waals surface area contributed by atoms with Gasteiger partial charge in [0.2, 0.25) is 0 Å². The molecule has 2 aromatic heterocycles. The highest BCUT2D eigenvalue weighted by Gasteiger charge is 2.22. The van der Waals surface area contributed by atoms with Crippen LogP contribution in [0.1, 0.15) is 20.9 Å². The summed E-state index contributed by atoms with van der Waals surface area (Å²) < 4.78 is 41.6. The van der Waals surface area contributed by atoms with Crippen molar-refractivity contribution in [1.82, 2.24) is 9.71 Å². The van der Waals surface area contributed by atoms with Crippen molar-refractivity contribution in [3.05, 3.63) is 34.3 Å². The molecule has 0 aliphatic heterocycles. The molecule has 0 spiro atoms. The molecule has 0 unspecified atom stereocenters. The first-order chi connectivity index (χ1) is 13.7. The third-order valence-electron chi connectivity index (χ3n) is 3.69. The molecule has 2 N–H and O–H groups in total. The third-order valence-corrected chi connectivity index (χ3v) is 6.80. The molecule has 0 aromatic carbocycles. The number of ether oxygens (including phenoxy) is 3. The fourth-order valence-corrected chi connectivity index (χ4v) is 4.75. The van der Waals surface area contributed by atoms with Gasteiger partial charge in [0.1, 0.15) is 15.8 Å². The number of aromatic nitrogens is 1. The summed E-state index contributed by atoms with van der Waals surface area (Å²) in [4.78, 5) is 28.6. The number of hydrogen-bond donors (Lipinski definition) is 2. The third kappa shape index (κ3) is 5.89. The number of thiophene rings is 1. The van der Waals surface area contributed by atoms with Crippen LogP contribution in [0.5, 0.6) is 5.75 Å². The Morgan fingerprint density at radius 1 is 1.17 bits per heavy atom. The van der Waals surface area contributed by atoms with E-state index in [0.29, 0.717) is 13.0 Å². The number of carbonyl (C=O) groups is 2. The van der Waals surface area contributed by atoms with Gasteiger partial charge >= 0.3 is 12.0 Å². The summed E-state index contributed by atoms with van der Waals surface area (Å²) in [5.41, 5.74) is 0.687. The van der Waals surface area contributed by atoms with E-state index in [-0.39, 0.29) is 21.5 Å². The minimum Gasteiger partial charge on any atom is -0.497 e. The fraction of sp³-hybridized carbons (Fsp3) is 0.353. The molecule has 0 aliphatic carbocycles. The molecule has 2 aromatic rings. The van der Waals surface area contributed by atoms with Gasteiger partial charge in [-0.25, -0.2) is 27.7 Å². The normalized spacial score (nSPS) is 11.0. The highest BCUT2D eigenvalue weighted by molar-refractivity contribution is 7.92. The maximum atomic E-state index is 12.5. The van der Waals surface area contributed by atoms with Gasteiger partial charge in [0.15, 0.2) is 5.69 Å². The topological polar surface area (TPSA) is 133 Å². The smallest absolute Gasteiger partial charge is 0.356 e. The van der Waals surface area contributed by atoms with E-state index in [1.807, 2.05) is 4.72 Å². The Balaban J connectivity index is 2.17. The van der Waals surface area contributed by atoms with Crippen LogP contribution in [0, 0.1) is 6.92 Å². The van der Waals surface area contributed by atoms with Crippen LogP contribution in [0.4, 0.5) is 10.6 Å². The number of nitrogens with zero attached hydrogens (tertiary/aromatic N) is 1. The van der Waals surface area contributed by atoms with Crippen molar-refractivity contribution in [2.24, 2.45) is 0 Å². The predicted octanol–water partition coefficient (Wildman–Crippen LogP) is 1.95. The predicted molar refractivity (Wildman–Crippen MR) is 106 cm³/mol. The van der Waals surface area contributed by atoms with Crippen molar-refractivity contribution < 1.29 is 32.2 Å². The average Bonchev–Trinajstić information content (AvgIpc) is 3.06. The van der Waals surface area contributed by atoms with Gasteiger partial charge in [0.05, 0.1) is 20.8 Å². The number of esters is 1. The standard InChI is InChI=1S/C17H21N3O7S2/c1-10-7-15(28-13(10)5-6-25-2)29(23,24)20-17(22)19-14-9-11(26-3)8-12(18-14)16(21)27-4/h7-9H,5-6H2,1-4H3,(H2,18,19,20,22). The lowest BCUT2D eigenvalue weighted by Gasteiger charge is -2.09. The van der Waals surface area contributed by atoms with E-state index in [2.05, 4.69) is 15.0 Å². The molecule has 10 nitrogen and oxygen atoms in total. The van der Waals surface area contributed by atoms with Crippen molar-refractivity contribution in [1.29, 1.82) is 0 Å². The number of aryl methyl sites for hydroxylation is 1. The molecule has 0 fully saturated rings. The summed E-state index contributed by atoms with van der Waals surface area (Å²) in [6, 6.07) is 3.11. The summed E-state index contributed by atoms with van der Waals surface area (Å²) in [5.74, 6) is -0.589. The zero-order valence-corrected chi connectivity index (χ0v) is 17.9. The first kappa shape index (κ1) is 22.6. The Labute approximate surface area is 172 Å². The molecule has 0 saturated carbocycles. The van der Waals surface area contributed by atoms with E-state index in [0.717, 1.165) is 21.8 Å². The molecule has 0 bridgehead atoms. The van der Waals surface area contributed by atoms with E-state index in [1.165, 1.54) is 32.4 Å². The maximum absolute atomic E-state index is 12.5. The second-order valence-corrected chi connectivity index (χ2v) is 8.79. The van der Waals surface area contributed by atoms with Crippen LogP contribution in [0.15, 0.2) is 22.4 Å².